The summed E-state index contributed by atoms with van der Waals surface area (Å²) in [7, 11) is 0. The number of nitrogens with zero attached hydrogens (tertiary/aromatic N) is 1. The molecule has 0 saturated carbocycles. The van der Waals surface area contributed by atoms with Crippen LogP contribution < -0.4 is 20.1 Å². The molecule has 0 aliphatic carbocycles. The van der Waals surface area contributed by atoms with Gasteiger partial charge in [0.15, 0.2) is 6.61 Å². The first-order valence-electron chi connectivity index (χ1n) is 7.57. The van der Waals surface area contributed by atoms with E-state index in [-0.39, 0.29) is 37.3 Å². The van der Waals surface area contributed by atoms with E-state index in [4.69, 9.17) is 9.47 Å². The third-order valence-corrected chi connectivity index (χ3v) is 2.93. The SMILES string of the molecule is CCNCCNC(=O)COc1ccc(Oc2ccccn2)cc1.Cl.Cl. The van der Waals surface area contributed by atoms with Crippen LogP contribution in [0.5, 0.6) is 17.4 Å². The van der Waals surface area contributed by atoms with Crippen LogP contribution in [0.15, 0.2) is 48.7 Å². The van der Waals surface area contributed by atoms with Gasteiger partial charge in [-0.25, -0.2) is 4.98 Å². The maximum atomic E-state index is 11.6. The summed E-state index contributed by atoms with van der Waals surface area (Å²) in [6.07, 6.45) is 1.67. The average molecular weight is 388 g/mol. The maximum Gasteiger partial charge on any atom is 0.257 e. The van der Waals surface area contributed by atoms with Gasteiger partial charge in [0.05, 0.1) is 0 Å². The highest BCUT2D eigenvalue weighted by molar-refractivity contribution is 5.85. The van der Waals surface area contributed by atoms with Crippen LogP contribution in [0.25, 0.3) is 0 Å². The number of nitrogens with one attached hydrogen (secondary N) is 2. The number of hydrogen-bond donors (Lipinski definition) is 2. The Morgan fingerprint density at radius 2 is 1.76 bits per heavy atom. The average Bonchev–Trinajstić information content (AvgIpc) is 2.59. The van der Waals surface area contributed by atoms with Crippen LogP contribution in [-0.2, 0) is 4.79 Å². The van der Waals surface area contributed by atoms with Gasteiger partial charge in [-0.15, -0.1) is 24.8 Å². The van der Waals surface area contributed by atoms with E-state index in [0.717, 1.165) is 13.1 Å². The summed E-state index contributed by atoms with van der Waals surface area (Å²) >= 11 is 0. The van der Waals surface area contributed by atoms with E-state index in [1.807, 2.05) is 19.1 Å². The number of rotatable bonds is 9. The summed E-state index contributed by atoms with van der Waals surface area (Å²) in [6.45, 7) is 4.24. The number of halogens is 2. The summed E-state index contributed by atoms with van der Waals surface area (Å²) in [5.41, 5.74) is 0. The number of benzene rings is 1. The minimum atomic E-state index is -0.142. The molecule has 138 valence electrons. The van der Waals surface area contributed by atoms with E-state index >= 15 is 0 Å². The molecule has 1 aromatic heterocycles. The van der Waals surface area contributed by atoms with E-state index in [1.54, 1.807) is 36.5 Å². The Morgan fingerprint density at radius 3 is 2.40 bits per heavy atom. The first-order chi connectivity index (χ1) is 11.3. The number of pyridine rings is 1. The van der Waals surface area contributed by atoms with Gasteiger partial charge in [-0.3, -0.25) is 4.79 Å². The molecular formula is C17H23Cl2N3O3. The van der Waals surface area contributed by atoms with Gasteiger partial charge in [-0.1, -0.05) is 13.0 Å². The number of carbonyl (C=O) groups is 1. The zero-order valence-corrected chi connectivity index (χ0v) is 15.6. The van der Waals surface area contributed by atoms with Crippen LogP contribution in [0.4, 0.5) is 0 Å². The predicted octanol–water partition coefficient (Wildman–Crippen LogP) is 2.82. The zero-order valence-electron chi connectivity index (χ0n) is 13.9. The lowest BCUT2D eigenvalue weighted by atomic mass is 10.3. The molecule has 0 bridgehead atoms. The van der Waals surface area contributed by atoms with E-state index in [2.05, 4.69) is 15.6 Å². The van der Waals surface area contributed by atoms with Crippen molar-refractivity contribution in [2.24, 2.45) is 0 Å². The number of hydrogen-bond acceptors (Lipinski definition) is 5. The van der Waals surface area contributed by atoms with Gasteiger partial charge >= 0.3 is 0 Å². The van der Waals surface area contributed by atoms with E-state index in [1.165, 1.54) is 0 Å². The van der Waals surface area contributed by atoms with Crippen LogP contribution in [-0.4, -0.2) is 37.1 Å². The van der Waals surface area contributed by atoms with Crippen LogP contribution in [0.1, 0.15) is 6.92 Å². The van der Waals surface area contributed by atoms with Gasteiger partial charge in [0.1, 0.15) is 11.5 Å². The fourth-order valence-corrected chi connectivity index (χ4v) is 1.80. The summed E-state index contributed by atoms with van der Waals surface area (Å²) in [6, 6.07) is 12.5. The molecule has 1 aromatic carbocycles. The van der Waals surface area contributed by atoms with Crippen molar-refractivity contribution in [1.29, 1.82) is 0 Å². The maximum absolute atomic E-state index is 11.6. The Labute approximate surface area is 160 Å². The molecule has 0 aliphatic heterocycles. The molecule has 0 saturated heterocycles. The lowest BCUT2D eigenvalue weighted by Crippen LogP contribution is -2.34. The first kappa shape index (κ1) is 23.0. The summed E-state index contributed by atoms with van der Waals surface area (Å²) in [4.78, 5) is 15.7. The lowest BCUT2D eigenvalue weighted by molar-refractivity contribution is -0.123. The first-order valence-corrected chi connectivity index (χ1v) is 7.57. The van der Waals surface area contributed by atoms with Crippen molar-refractivity contribution in [2.75, 3.05) is 26.2 Å². The molecule has 8 heteroatoms. The minimum Gasteiger partial charge on any atom is -0.484 e. The lowest BCUT2D eigenvalue weighted by Gasteiger charge is -2.09. The van der Waals surface area contributed by atoms with Crippen molar-refractivity contribution in [3.8, 4) is 17.4 Å². The van der Waals surface area contributed by atoms with Gasteiger partial charge in [0, 0.05) is 25.4 Å². The van der Waals surface area contributed by atoms with E-state index in [0.29, 0.717) is 23.9 Å². The number of likely N-dealkylation sites (N-methyl/N-ethyl adjacent to an activating group) is 1. The summed E-state index contributed by atoms with van der Waals surface area (Å²) in [5.74, 6) is 1.66. The number of ether oxygens (including phenoxy) is 2. The van der Waals surface area contributed by atoms with Gasteiger partial charge in [-0.05, 0) is 36.9 Å². The van der Waals surface area contributed by atoms with Crippen LogP contribution in [0, 0.1) is 0 Å². The van der Waals surface area contributed by atoms with E-state index in [9.17, 15) is 4.79 Å². The number of aromatic nitrogens is 1. The van der Waals surface area contributed by atoms with Gasteiger partial charge in [0.2, 0.25) is 5.88 Å². The molecule has 2 N–H and O–H groups in total. The highest BCUT2D eigenvalue weighted by Crippen LogP contribution is 2.21. The fraction of sp³-hybridized carbons (Fsp3) is 0.294. The quantitative estimate of drug-likeness (QED) is 0.647. The minimum absolute atomic E-state index is 0. The molecule has 0 radical (unpaired) electrons. The number of carbonyl (C=O) groups excluding carboxylic acids is 1. The molecule has 0 unspecified atom stereocenters. The Bertz CT molecular complexity index is 598. The third-order valence-electron chi connectivity index (χ3n) is 2.93. The molecule has 0 aliphatic rings. The van der Waals surface area contributed by atoms with Crippen LogP contribution >= 0.6 is 24.8 Å². The Hall–Kier alpha value is -2.02. The van der Waals surface area contributed by atoms with Crippen molar-refractivity contribution in [3.63, 3.8) is 0 Å². The second-order valence-electron chi connectivity index (χ2n) is 4.73. The van der Waals surface area contributed by atoms with Gasteiger partial charge in [0.25, 0.3) is 5.91 Å². The largest absolute Gasteiger partial charge is 0.484 e. The molecule has 1 amide bonds. The van der Waals surface area contributed by atoms with Crippen LogP contribution in [0.2, 0.25) is 0 Å². The van der Waals surface area contributed by atoms with Crippen molar-refractivity contribution in [1.82, 2.24) is 15.6 Å². The molecule has 25 heavy (non-hydrogen) atoms. The molecule has 2 rings (SSSR count). The molecule has 0 spiro atoms. The molecular weight excluding hydrogens is 365 g/mol. The summed E-state index contributed by atoms with van der Waals surface area (Å²) in [5, 5.41) is 5.90. The molecule has 0 fully saturated rings. The van der Waals surface area contributed by atoms with Crippen molar-refractivity contribution >= 4 is 30.7 Å². The molecule has 1 heterocycles. The topological polar surface area (TPSA) is 72.5 Å². The third kappa shape index (κ3) is 9.14. The predicted molar refractivity (Wildman–Crippen MR) is 102 cm³/mol. The van der Waals surface area contributed by atoms with Crippen molar-refractivity contribution < 1.29 is 14.3 Å². The standard InChI is InChI=1S/C17H21N3O3.2ClH/c1-2-18-11-12-19-16(21)13-22-14-6-8-15(9-7-14)23-17-5-3-4-10-20-17;;/h3-10,18H,2,11-13H2,1H3,(H,19,21);2*1H. The molecule has 2 aromatic rings. The van der Waals surface area contributed by atoms with Crippen molar-refractivity contribution in [2.45, 2.75) is 6.92 Å². The zero-order chi connectivity index (χ0) is 16.3. The Kier molecular flexibility index (Phi) is 12.2. The highest BCUT2D eigenvalue weighted by Gasteiger charge is 2.03. The van der Waals surface area contributed by atoms with Gasteiger partial charge in [-0.2, -0.15) is 0 Å². The van der Waals surface area contributed by atoms with Gasteiger partial charge < -0.3 is 20.1 Å². The fourth-order valence-electron chi connectivity index (χ4n) is 1.80. The highest BCUT2D eigenvalue weighted by atomic mass is 35.5. The van der Waals surface area contributed by atoms with Crippen molar-refractivity contribution in [3.05, 3.63) is 48.7 Å². The normalized spacial score (nSPS) is 9.32. The molecule has 6 nitrogen and oxygen atoms in total. The second kappa shape index (κ2) is 13.3. The number of amides is 1. The molecule has 0 atom stereocenters. The Balaban J connectivity index is 0.00000288. The monoisotopic (exact) mass is 387 g/mol. The summed E-state index contributed by atoms with van der Waals surface area (Å²) < 4.78 is 11.0. The Morgan fingerprint density at radius 1 is 1.04 bits per heavy atom. The van der Waals surface area contributed by atoms with E-state index < -0.39 is 0 Å². The smallest absolute Gasteiger partial charge is 0.257 e. The second-order valence-corrected chi connectivity index (χ2v) is 4.73. The van der Waals surface area contributed by atoms with Crippen LogP contribution in [0.3, 0.4) is 0 Å².